The first-order chi connectivity index (χ1) is 15.4. The smallest absolute Gasteiger partial charge is 0.240 e. The first-order valence-corrected chi connectivity index (χ1v) is 11.6. The van der Waals surface area contributed by atoms with Gasteiger partial charge >= 0.3 is 0 Å². The van der Waals surface area contributed by atoms with E-state index in [1.165, 1.54) is 22.6 Å². The lowest BCUT2D eigenvalue weighted by molar-refractivity contribution is 0.402. The molecular weight excluding hydrogens is 424 g/mol. The number of hydrogen-bond donors (Lipinski definition) is 1. The Morgan fingerprint density at radius 3 is 2.47 bits per heavy atom. The quantitative estimate of drug-likeness (QED) is 0.446. The molecule has 1 aromatic heterocycles. The predicted molar refractivity (Wildman–Crippen MR) is 122 cm³/mol. The van der Waals surface area contributed by atoms with Crippen LogP contribution in [0.4, 0.5) is 0 Å². The summed E-state index contributed by atoms with van der Waals surface area (Å²) in [5, 5.41) is 11.0. The number of sulfonamides is 1. The minimum atomic E-state index is -3.73. The van der Waals surface area contributed by atoms with Gasteiger partial charge in [0, 0.05) is 13.1 Å². The lowest BCUT2D eigenvalue weighted by Gasteiger charge is -2.13. The van der Waals surface area contributed by atoms with E-state index in [1.54, 1.807) is 18.2 Å². The molecule has 0 aliphatic heterocycles. The van der Waals surface area contributed by atoms with Gasteiger partial charge in [0.1, 0.15) is 6.33 Å². The summed E-state index contributed by atoms with van der Waals surface area (Å²) in [6.45, 7) is 1.04. The topological polar surface area (TPSA) is 93.0 Å². The summed E-state index contributed by atoms with van der Waals surface area (Å²) < 4.78 is 30.0. The molecule has 1 N–H and O–H groups in total. The molecular formula is C23H24N6O2S. The Kier molecular flexibility index (Phi) is 6.40. The van der Waals surface area contributed by atoms with Crippen LogP contribution in [0.1, 0.15) is 11.1 Å². The van der Waals surface area contributed by atoms with E-state index >= 15 is 0 Å². The third-order valence-corrected chi connectivity index (χ3v) is 6.37. The summed E-state index contributed by atoms with van der Waals surface area (Å²) in [5.74, 6) is 0. The highest BCUT2D eigenvalue weighted by Gasteiger charge is 2.16. The zero-order valence-electron chi connectivity index (χ0n) is 17.9. The van der Waals surface area contributed by atoms with Gasteiger partial charge in [0.25, 0.3) is 0 Å². The van der Waals surface area contributed by atoms with Crippen molar-refractivity contribution in [2.24, 2.45) is 0 Å². The van der Waals surface area contributed by atoms with Crippen LogP contribution in [-0.4, -0.2) is 47.6 Å². The lowest BCUT2D eigenvalue weighted by atomic mass is 9.99. The van der Waals surface area contributed by atoms with Gasteiger partial charge in [0.2, 0.25) is 10.0 Å². The average Bonchev–Trinajstić information content (AvgIpc) is 3.33. The molecule has 0 radical (unpaired) electrons. The second-order valence-corrected chi connectivity index (χ2v) is 9.44. The average molecular weight is 449 g/mol. The van der Waals surface area contributed by atoms with Crippen LogP contribution in [0.25, 0.3) is 16.8 Å². The minimum Gasteiger partial charge on any atom is -0.305 e. The van der Waals surface area contributed by atoms with Crippen molar-refractivity contribution in [1.82, 2.24) is 29.8 Å². The summed E-state index contributed by atoms with van der Waals surface area (Å²) in [6, 6.07) is 22.6. The summed E-state index contributed by atoms with van der Waals surface area (Å²) in [6.07, 6.45) is 1.42. The monoisotopic (exact) mass is 448 g/mol. The number of tetrazole rings is 1. The maximum atomic E-state index is 12.9. The number of hydrogen-bond acceptors (Lipinski definition) is 6. The summed E-state index contributed by atoms with van der Waals surface area (Å²) in [7, 11) is 0.342. The highest BCUT2D eigenvalue weighted by molar-refractivity contribution is 7.89. The number of rotatable bonds is 8. The third-order valence-electron chi connectivity index (χ3n) is 4.98. The van der Waals surface area contributed by atoms with E-state index in [0.717, 1.165) is 23.2 Å². The van der Waals surface area contributed by atoms with Crippen LogP contribution in [0, 0.1) is 0 Å². The Labute approximate surface area is 187 Å². The van der Waals surface area contributed by atoms with Crippen molar-refractivity contribution in [3.8, 4) is 16.8 Å². The van der Waals surface area contributed by atoms with Gasteiger partial charge in [-0.15, -0.1) is 5.10 Å². The molecule has 0 aliphatic carbocycles. The molecule has 8 nitrogen and oxygen atoms in total. The maximum Gasteiger partial charge on any atom is 0.240 e. The molecule has 0 unspecified atom stereocenters. The van der Waals surface area contributed by atoms with Crippen molar-refractivity contribution in [3.05, 3.63) is 90.3 Å². The summed E-state index contributed by atoms with van der Waals surface area (Å²) in [5.41, 5.74) is 4.72. The molecule has 0 amide bonds. The van der Waals surface area contributed by atoms with Crippen LogP contribution in [0.2, 0.25) is 0 Å². The Bertz CT molecular complexity index is 1290. The first kappa shape index (κ1) is 21.8. The SMILES string of the molecule is CN(C)Cc1ccc(-c2ccccc2CNS(=O)(=O)c2cccc(-n3cnnn3)c2)cc1. The lowest BCUT2D eigenvalue weighted by Crippen LogP contribution is -2.23. The van der Waals surface area contributed by atoms with Crippen molar-refractivity contribution >= 4 is 10.0 Å². The van der Waals surface area contributed by atoms with Crippen molar-refractivity contribution < 1.29 is 8.42 Å². The van der Waals surface area contributed by atoms with Gasteiger partial charge < -0.3 is 4.90 Å². The summed E-state index contributed by atoms with van der Waals surface area (Å²) >= 11 is 0. The highest BCUT2D eigenvalue weighted by atomic mass is 32.2. The van der Waals surface area contributed by atoms with Gasteiger partial charge in [0.15, 0.2) is 0 Å². The molecule has 1 heterocycles. The molecule has 32 heavy (non-hydrogen) atoms. The molecule has 0 bridgehead atoms. The first-order valence-electron chi connectivity index (χ1n) is 10.1. The largest absolute Gasteiger partial charge is 0.305 e. The number of benzene rings is 3. The molecule has 4 aromatic rings. The number of aromatic nitrogens is 4. The molecule has 0 saturated heterocycles. The van der Waals surface area contributed by atoms with Crippen LogP contribution in [0.15, 0.2) is 84.0 Å². The van der Waals surface area contributed by atoms with Gasteiger partial charge in [-0.05, 0) is 65.0 Å². The van der Waals surface area contributed by atoms with Crippen molar-refractivity contribution in [3.63, 3.8) is 0 Å². The van der Waals surface area contributed by atoms with Crippen LogP contribution in [0.5, 0.6) is 0 Å². The molecule has 0 aliphatic rings. The van der Waals surface area contributed by atoms with Crippen LogP contribution < -0.4 is 4.72 Å². The molecule has 0 spiro atoms. The Morgan fingerprint density at radius 2 is 1.75 bits per heavy atom. The Morgan fingerprint density at radius 1 is 0.969 bits per heavy atom. The fourth-order valence-corrected chi connectivity index (χ4v) is 4.49. The molecule has 0 atom stereocenters. The van der Waals surface area contributed by atoms with Gasteiger partial charge in [-0.3, -0.25) is 0 Å². The molecule has 164 valence electrons. The third kappa shape index (κ3) is 5.08. The van der Waals surface area contributed by atoms with Gasteiger partial charge in [0.05, 0.1) is 10.6 Å². The minimum absolute atomic E-state index is 0.149. The van der Waals surface area contributed by atoms with Crippen molar-refractivity contribution in [1.29, 1.82) is 0 Å². The van der Waals surface area contributed by atoms with Crippen molar-refractivity contribution in [2.45, 2.75) is 18.0 Å². The van der Waals surface area contributed by atoms with Gasteiger partial charge in [-0.1, -0.05) is 54.6 Å². The zero-order chi connectivity index (χ0) is 22.6. The predicted octanol–water partition coefficient (Wildman–Crippen LogP) is 2.87. The molecule has 0 saturated carbocycles. The second kappa shape index (κ2) is 9.39. The van der Waals surface area contributed by atoms with Crippen LogP contribution in [0.3, 0.4) is 0 Å². The molecule has 0 fully saturated rings. The maximum absolute atomic E-state index is 12.9. The van der Waals surface area contributed by atoms with E-state index in [4.69, 9.17) is 0 Å². The Balaban J connectivity index is 1.54. The number of nitrogens with one attached hydrogen (secondary N) is 1. The zero-order valence-corrected chi connectivity index (χ0v) is 18.7. The van der Waals surface area contributed by atoms with Gasteiger partial charge in [-0.2, -0.15) is 0 Å². The van der Waals surface area contributed by atoms with Crippen LogP contribution >= 0.6 is 0 Å². The van der Waals surface area contributed by atoms with Gasteiger partial charge in [-0.25, -0.2) is 17.8 Å². The van der Waals surface area contributed by atoms with E-state index in [2.05, 4.69) is 49.4 Å². The second-order valence-electron chi connectivity index (χ2n) is 7.67. The van der Waals surface area contributed by atoms with E-state index in [1.807, 2.05) is 38.4 Å². The summed E-state index contributed by atoms with van der Waals surface area (Å²) in [4.78, 5) is 2.27. The van der Waals surface area contributed by atoms with Crippen LogP contribution in [-0.2, 0) is 23.1 Å². The fraction of sp³-hybridized carbons (Fsp3) is 0.174. The molecule has 4 rings (SSSR count). The molecule has 9 heteroatoms. The standard InChI is InChI=1S/C23H24N6O2S/c1-28(2)16-18-10-12-19(13-11-18)23-9-4-3-6-20(23)15-25-32(30,31)22-8-5-7-21(14-22)29-17-24-26-27-29/h3-14,17,25H,15-16H2,1-2H3. The highest BCUT2D eigenvalue weighted by Crippen LogP contribution is 2.25. The number of nitrogens with zero attached hydrogens (tertiary/aromatic N) is 5. The fourth-order valence-electron chi connectivity index (χ4n) is 3.44. The van der Waals surface area contributed by atoms with E-state index in [-0.39, 0.29) is 11.4 Å². The van der Waals surface area contributed by atoms with E-state index in [9.17, 15) is 8.42 Å². The molecule has 3 aromatic carbocycles. The van der Waals surface area contributed by atoms with Crippen molar-refractivity contribution in [2.75, 3.05) is 14.1 Å². The Hall–Kier alpha value is -3.40. The van der Waals surface area contributed by atoms with E-state index in [0.29, 0.717) is 5.69 Å². The normalized spacial score (nSPS) is 11.7. The van der Waals surface area contributed by atoms with E-state index < -0.39 is 10.0 Å².